The molecule has 5 heteroatoms. The van der Waals surface area contributed by atoms with Gasteiger partial charge in [-0.1, -0.05) is 51.5 Å². The van der Waals surface area contributed by atoms with Crippen molar-refractivity contribution in [3.05, 3.63) is 35.4 Å². The van der Waals surface area contributed by atoms with Crippen LogP contribution in [-0.2, 0) is 22.3 Å². The Morgan fingerprint density at radius 1 is 1.24 bits per heavy atom. The Morgan fingerprint density at radius 3 is 2.52 bits per heavy atom. The summed E-state index contributed by atoms with van der Waals surface area (Å²) in [4.78, 5) is 0. The van der Waals surface area contributed by atoms with Crippen LogP contribution in [0, 0.1) is 0 Å². The van der Waals surface area contributed by atoms with E-state index in [1.165, 1.54) is 4.31 Å². The monoisotopic (exact) mass is 312 g/mol. The van der Waals surface area contributed by atoms with Gasteiger partial charge in [0.15, 0.2) is 0 Å². The molecular formula is C16H28N2O2S. The van der Waals surface area contributed by atoms with Crippen molar-refractivity contribution in [3.63, 3.8) is 0 Å². The first kappa shape index (κ1) is 18.1. The zero-order valence-electron chi connectivity index (χ0n) is 13.6. The van der Waals surface area contributed by atoms with Crippen LogP contribution in [0.25, 0.3) is 0 Å². The molecule has 120 valence electrons. The van der Waals surface area contributed by atoms with E-state index in [0.29, 0.717) is 12.6 Å². The Morgan fingerprint density at radius 2 is 1.90 bits per heavy atom. The van der Waals surface area contributed by atoms with Gasteiger partial charge in [-0.15, -0.1) is 0 Å². The van der Waals surface area contributed by atoms with Gasteiger partial charge in [0, 0.05) is 26.2 Å². The lowest BCUT2D eigenvalue weighted by Gasteiger charge is -2.17. The lowest BCUT2D eigenvalue weighted by Crippen LogP contribution is -2.29. The molecule has 0 unspecified atom stereocenters. The van der Waals surface area contributed by atoms with Crippen molar-refractivity contribution in [2.45, 2.75) is 52.0 Å². The Kier molecular flexibility index (Phi) is 7.35. The van der Waals surface area contributed by atoms with Crippen LogP contribution in [-0.4, -0.2) is 32.4 Å². The van der Waals surface area contributed by atoms with Gasteiger partial charge in [0.25, 0.3) is 0 Å². The van der Waals surface area contributed by atoms with Gasteiger partial charge in [-0.05, 0) is 17.5 Å². The smallest absolute Gasteiger partial charge is 0.218 e. The lowest BCUT2D eigenvalue weighted by atomic mass is 10.1. The fourth-order valence-electron chi connectivity index (χ4n) is 1.99. The van der Waals surface area contributed by atoms with E-state index in [4.69, 9.17) is 0 Å². The number of benzene rings is 1. The van der Waals surface area contributed by atoms with Crippen LogP contribution in [0.5, 0.6) is 0 Å². The molecule has 0 spiro atoms. The molecule has 0 atom stereocenters. The molecule has 1 aromatic carbocycles. The van der Waals surface area contributed by atoms with E-state index in [9.17, 15) is 8.42 Å². The van der Waals surface area contributed by atoms with E-state index in [1.54, 1.807) is 7.05 Å². The van der Waals surface area contributed by atoms with Crippen LogP contribution in [0.15, 0.2) is 24.3 Å². The van der Waals surface area contributed by atoms with Crippen molar-refractivity contribution < 1.29 is 8.42 Å². The summed E-state index contributed by atoms with van der Waals surface area (Å²) in [6.07, 6.45) is 1.89. The molecule has 1 aromatic rings. The highest BCUT2D eigenvalue weighted by Crippen LogP contribution is 2.12. The van der Waals surface area contributed by atoms with Crippen molar-refractivity contribution in [1.82, 2.24) is 9.62 Å². The van der Waals surface area contributed by atoms with Gasteiger partial charge in [-0.2, -0.15) is 0 Å². The third-order valence-electron chi connectivity index (χ3n) is 3.36. The topological polar surface area (TPSA) is 49.4 Å². The second-order valence-electron chi connectivity index (χ2n) is 5.79. The molecule has 0 amide bonds. The van der Waals surface area contributed by atoms with Gasteiger partial charge in [0.2, 0.25) is 10.0 Å². The van der Waals surface area contributed by atoms with E-state index in [0.717, 1.165) is 30.5 Å². The molecule has 1 rings (SSSR count). The van der Waals surface area contributed by atoms with Crippen LogP contribution in [0.4, 0.5) is 0 Å². The zero-order valence-corrected chi connectivity index (χ0v) is 14.4. The summed E-state index contributed by atoms with van der Waals surface area (Å²) in [5.41, 5.74) is 1.97. The Labute approximate surface area is 129 Å². The molecule has 0 heterocycles. The number of hydrogen-bond donors (Lipinski definition) is 1. The summed E-state index contributed by atoms with van der Waals surface area (Å²) in [5, 5.41) is 3.34. The molecule has 1 N–H and O–H groups in total. The maximum absolute atomic E-state index is 12.3. The predicted octanol–water partition coefficient (Wildman–Crippen LogP) is 2.75. The predicted molar refractivity (Wildman–Crippen MR) is 88.6 cm³/mol. The van der Waals surface area contributed by atoms with E-state index in [-0.39, 0.29) is 5.75 Å². The maximum Gasteiger partial charge on any atom is 0.218 e. The molecule has 0 saturated carbocycles. The molecule has 0 aliphatic carbocycles. The van der Waals surface area contributed by atoms with Gasteiger partial charge >= 0.3 is 0 Å². The fraction of sp³-hybridized carbons (Fsp3) is 0.625. The van der Waals surface area contributed by atoms with E-state index < -0.39 is 10.0 Å². The first-order valence-electron chi connectivity index (χ1n) is 7.60. The second-order valence-corrected chi connectivity index (χ2v) is 7.86. The molecule has 0 saturated heterocycles. The minimum Gasteiger partial charge on any atom is -0.310 e. The summed E-state index contributed by atoms with van der Waals surface area (Å²) in [6.45, 7) is 7.60. The minimum atomic E-state index is -3.22. The van der Waals surface area contributed by atoms with E-state index >= 15 is 0 Å². The third-order valence-corrected chi connectivity index (χ3v) is 5.19. The number of nitrogens with zero attached hydrogens (tertiary/aromatic N) is 1. The number of sulfonamides is 1. The van der Waals surface area contributed by atoms with Crippen LogP contribution >= 0.6 is 0 Å². The molecule has 0 aliphatic rings. The largest absolute Gasteiger partial charge is 0.310 e. The molecule has 21 heavy (non-hydrogen) atoms. The lowest BCUT2D eigenvalue weighted by molar-refractivity contribution is 0.458. The number of rotatable bonds is 9. The summed E-state index contributed by atoms with van der Waals surface area (Å²) in [7, 11) is -1.56. The summed E-state index contributed by atoms with van der Waals surface area (Å²) < 4.78 is 26.1. The molecule has 0 bridgehead atoms. The van der Waals surface area contributed by atoms with Crippen molar-refractivity contribution in [2.75, 3.05) is 13.6 Å². The molecule has 0 aliphatic heterocycles. The Hall–Kier alpha value is -0.910. The van der Waals surface area contributed by atoms with Gasteiger partial charge < -0.3 is 5.32 Å². The number of unbranched alkanes of at least 4 members (excludes halogenated alkanes) is 1. The molecular weight excluding hydrogens is 284 g/mol. The van der Waals surface area contributed by atoms with Crippen LogP contribution < -0.4 is 5.32 Å². The first-order valence-corrected chi connectivity index (χ1v) is 9.21. The molecule has 0 fully saturated rings. The van der Waals surface area contributed by atoms with Gasteiger partial charge in [-0.25, -0.2) is 12.7 Å². The third kappa shape index (κ3) is 6.59. The van der Waals surface area contributed by atoms with Crippen LogP contribution in [0.3, 0.4) is 0 Å². The summed E-state index contributed by atoms with van der Waals surface area (Å²) >= 11 is 0. The Bertz CT molecular complexity index is 527. The molecule has 0 radical (unpaired) electrons. The van der Waals surface area contributed by atoms with Crippen LogP contribution in [0.1, 0.15) is 44.7 Å². The first-order chi connectivity index (χ1) is 9.85. The van der Waals surface area contributed by atoms with Crippen molar-refractivity contribution in [2.24, 2.45) is 0 Å². The highest BCUT2D eigenvalue weighted by Gasteiger charge is 2.17. The van der Waals surface area contributed by atoms with E-state index in [2.05, 4.69) is 26.1 Å². The second kappa shape index (κ2) is 8.51. The number of nitrogens with one attached hydrogen (secondary N) is 1. The Balaban J connectivity index is 2.71. The average Bonchev–Trinajstić information content (AvgIpc) is 2.42. The average molecular weight is 312 g/mol. The van der Waals surface area contributed by atoms with Gasteiger partial charge in [0.05, 0.1) is 5.75 Å². The van der Waals surface area contributed by atoms with Gasteiger partial charge in [-0.3, -0.25) is 0 Å². The van der Waals surface area contributed by atoms with Crippen molar-refractivity contribution in [1.29, 1.82) is 0 Å². The summed E-state index contributed by atoms with van der Waals surface area (Å²) in [5.74, 6) is 0.0722. The zero-order chi connectivity index (χ0) is 15.9. The normalized spacial score (nSPS) is 12.3. The van der Waals surface area contributed by atoms with Crippen molar-refractivity contribution in [3.8, 4) is 0 Å². The maximum atomic E-state index is 12.3. The van der Waals surface area contributed by atoms with E-state index in [1.807, 2.05) is 24.3 Å². The van der Waals surface area contributed by atoms with Gasteiger partial charge in [0.1, 0.15) is 0 Å². The number of hydrogen-bond acceptors (Lipinski definition) is 3. The quantitative estimate of drug-likeness (QED) is 0.763. The highest BCUT2D eigenvalue weighted by molar-refractivity contribution is 7.88. The van der Waals surface area contributed by atoms with Crippen molar-refractivity contribution >= 4 is 10.0 Å². The minimum absolute atomic E-state index is 0.0722. The summed E-state index contributed by atoms with van der Waals surface area (Å²) in [6, 6.07) is 8.21. The molecule has 4 nitrogen and oxygen atoms in total. The fourth-order valence-corrected chi connectivity index (χ4v) is 3.22. The molecule has 0 aromatic heterocycles. The SMILES string of the molecule is CCCCN(C)S(=O)(=O)Cc1cccc(CNC(C)C)c1. The van der Waals surface area contributed by atoms with Crippen LogP contribution in [0.2, 0.25) is 0 Å². The standard InChI is InChI=1S/C16H28N2O2S/c1-5-6-10-18(4)21(19,20)13-16-9-7-8-15(11-16)12-17-14(2)3/h7-9,11,14,17H,5-6,10,12-13H2,1-4H3. The highest BCUT2D eigenvalue weighted by atomic mass is 32.2.